The summed E-state index contributed by atoms with van der Waals surface area (Å²) < 4.78 is 45.3. The molecule has 0 aliphatic heterocycles. The van der Waals surface area contributed by atoms with Crippen LogP contribution >= 0.6 is 7.82 Å². The molecule has 0 atom stereocenters. The summed E-state index contributed by atoms with van der Waals surface area (Å²) in [4.78, 5) is 9.75. The van der Waals surface area contributed by atoms with Crippen LogP contribution in [-0.4, -0.2) is 25.5 Å². The van der Waals surface area contributed by atoms with Crippen LogP contribution < -0.4 is 0 Å². The van der Waals surface area contributed by atoms with Crippen molar-refractivity contribution in [3.63, 3.8) is 0 Å². The SMILES string of the molecule is CCCCCCCCCCCCCOP(=O)(O)OCCCCCCCCCCCCC.[O]=[Ti]([OH])[OH]. The molecule has 0 aromatic carbocycles. The third kappa shape index (κ3) is 39.2. The molecule has 7 nitrogen and oxygen atoms in total. The van der Waals surface area contributed by atoms with Gasteiger partial charge in [0, 0.05) is 0 Å². The van der Waals surface area contributed by atoms with E-state index in [-0.39, 0.29) is 0 Å². The van der Waals surface area contributed by atoms with Gasteiger partial charge in [0.1, 0.15) is 0 Å². The second kappa shape index (κ2) is 30.8. The van der Waals surface area contributed by atoms with Crippen molar-refractivity contribution >= 4 is 7.82 Å². The fourth-order valence-corrected chi connectivity index (χ4v) is 4.72. The van der Waals surface area contributed by atoms with Gasteiger partial charge in [-0.15, -0.1) is 0 Å². The third-order valence-electron chi connectivity index (χ3n) is 6.00. The van der Waals surface area contributed by atoms with Gasteiger partial charge in [0.2, 0.25) is 0 Å². The summed E-state index contributed by atoms with van der Waals surface area (Å²) in [5.41, 5.74) is 0. The molecule has 0 saturated heterocycles. The van der Waals surface area contributed by atoms with Crippen LogP contribution in [-0.2, 0) is 35.6 Å². The van der Waals surface area contributed by atoms with Gasteiger partial charge in [-0.25, -0.2) is 4.57 Å². The van der Waals surface area contributed by atoms with E-state index in [0.29, 0.717) is 13.2 Å². The van der Waals surface area contributed by atoms with Crippen LogP contribution in [0.4, 0.5) is 0 Å². The Morgan fingerprint density at radius 2 is 0.714 bits per heavy atom. The molecular weight excluding hydrogens is 503 g/mol. The van der Waals surface area contributed by atoms with E-state index in [4.69, 9.17) is 19.7 Å². The molecule has 0 radical (unpaired) electrons. The second-order valence-corrected chi connectivity index (χ2v) is 11.8. The molecule has 3 N–H and O–H groups in total. The summed E-state index contributed by atoms with van der Waals surface area (Å²) in [6.07, 6.45) is 27.7. The number of rotatable bonds is 26. The zero-order valence-electron chi connectivity index (χ0n) is 22.9. The van der Waals surface area contributed by atoms with Crippen molar-refractivity contribution in [3.05, 3.63) is 0 Å². The zero-order chi connectivity index (χ0) is 26.5. The molecule has 212 valence electrons. The fourth-order valence-electron chi connectivity index (χ4n) is 3.93. The van der Waals surface area contributed by atoms with E-state index in [0.717, 1.165) is 25.7 Å². The molecule has 0 aliphatic carbocycles. The number of phosphoric acid groups is 1. The molecule has 35 heavy (non-hydrogen) atoms. The van der Waals surface area contributed by atoms with Crippen molar-refractivity contribution in [1.29, 1.82) is 0 Å². The molecule has 0 fully saturated rings. The molecular formula is C26H57O7PTi. The van der Waals surface area contributed by atoms with Gasteiger partial charge in [0.15, 0.2) is 0 Å². The Labute approximate surface area is 223 Å². The summed E-state index contributed by atoms with van der Waals surface area (Å²) in [5, 5.41) is 0. The van der Waals surface area contributed by atoms with Gasteiger partial charge in [0.05, 0.1) is 13.2 Å². The number of phosphoric ester groups is 1. The van der Waals surface area contributed by atoms with Crippen molar-refractivity contribution in [2.75, 3.05) is 13.2 Å². The van der Waals surface area contributed by atoms with E-state index in [1.165, 1.54) is 116 Å². The Bertz CT molecular complexity index is 445. The molecule has 0 saturated carbocycles. The fraction of sp³-hybridized carbons (Fsp3) is 1.00. The second-order valence-electron chi connectivity index (χ2n) is 9.49. The number of unbranched alkanes of at least 4 members (excludes halogenated alkanes) is 20. The predicted octanol–water partition coefficient (Wildman–Crippen LogP) is 8.51. The average molecular weight is 561 g/mol. The maximum absolute atomic E-state index is 11.9. The average Bonchev–Trinajstić information content (AvgIpc) is 2.80. The van der Waals surface area contributed by atoms with Crippen molar-refractivity contribution in [2.45, 2.75) is 155 Å². The molecule has 9 heteroatoms. The van der Waals surface area contributed by atoms with E-state index in [1.54, 1.807) is 0 Å². The minimum absolute atomic E-state index is 0.322. The molecule has 0 spiro atoms. The van der Waals surface area contributed by atoms with Gasteiger partial charge >= 0.3 is 37.1 Å². The van der Waals surface area contributed by atoms with Crippen molar-refractivity contribution < 1.29 is 47.8 Å². The molecule has 0 unspecified atom stereocenters. The standard InChI is InChI=1S/C26H55O4P.2H2O.O.Ti/c1-3-5-7-9-11-13-15-17-19-21-23-25-29-31(27,28)30-26-24-22-20-18-16-14-12-10-8-6-4-2;;;;/h3-26H2,1-2H3,(H,27,28);2*1H2;;/q;;;;+2/p-2. The molecule has 0 bridgehead atoms. The summed E-state index contributed by atoms with van der Waals surface area (Å²) in [5.74, 6) is 0. The first-order chi connectivity index (χ1) is 16.9. The van der Waals surface area contributed by atoms with Crippen LogP contribution in [0.15, 0.2) is 0 Å². The maximum atomic E-state index is 11.9. The molecule has 0 heterocycles. The Hall–Kier alpha value is 0.544. The molecule has 0 amide bonds. The van der Waals surface area contributed by atoms with Crippen molar-refractivity contribution in [1.82, 2.24) is 0 Å². The van der Waals surface area contributed by atoms with Gasteiger partial charge in [-0.2, -0.15) is 0 Å². The number of hydrogen-bond donors (Lipinski definition) is 3. The molecule has 0 rings (SSSR count). The molecule has 0 aliphatic rings. The Morgan fingerprint density at radius 1 is 0.514 bits per heavy atom. The van der Waals surface area contributed by atoms with Crippen LogP contribution in [0.1, 0.15) is 155 Å². The Kier molecular flexibility index (Phi) is 33.1. The third-order valence-corrected chi connectivity index (χ3v) is 7.02. The van der Waals surface area contributed by atoms with Crippen molar-refractivity contribution in [2.24, 2.45) is 0 Å². The Morgan fingerprint density at radius 3 is 0.943 bits per heavy atom. The van der Waals surface area contributed by atoms with E-state index < -0.39 is 26.4 Å². The van der Waals surface area contributed by atoms with Gasteiger partial charge in [-0.05, 0) is 12.8 Å². The van der Waals surface area contributed by atoms with Gasteiger partial charge in [-0.1, -0.05) is 142 Å². The summed E-state index contributed by atoms with van der Waals surface area (Å²) in [6.45, 7) is 5.15. The van der Waals surface area contributed by atoms with Gasteiger partial charge in [-0.3, -0.25) is 9.05 Å². The van der Waals surface area contributed by atoms with Crippen molar-refractivity contribution in [3.8, 4) is 0 Å². The monoisotopic (exact) mass is 560 g/mol. The van der Waals surface area contributed by atoms with E-state index >= 15 is 0 Å². The first-order valence-electron chi connectivity index (χ1n) is 14.4. The number of hydrogen-bond acceptors (Lipinski definition) is 4. The van der Waals surface area contributed by atoms with Gasteiger partial charge in [0.25, 0.3) is 0 Å². The first-order valence-corrected chi connectivity index (χ1v) is 17.9. The van der Waals surface area contributed by atoms with Crippen LogP contribution in [0.3, 0.4) is 0 Å². The van der Waals surface area contributed by atoms with E-state index in [1.807, 2.05) is 0 Å². The Balaban J connectivity index is 0. The molecule has 0 aromatic rings. The van der Waals surface area contributed by atoms with Crippen LogP contribution in [0.5, 0.6) is 0 Å². The van der Waals surface area contributed by atoms with Crippen LogP contribution in [0.25, 0.3) is 0 Å². The topological polar surface area (TPSA) is 113 Å². The summed E-state index contributed by atoms with van der Waals surface area (Å²) in [6, 6.07) is 0. The normalized spacial score (nSPS) is 11.3. The van der Waals surface area contributed by atoms with Gasteiger partial charge < -0.3 is 4.89 Å². The van der Waals surface area contributed by atoms with Crippen LogP contribution in [0.2, 0.25) is 0 Å². The summed E-state index contributed by atoms with van der Waals surface area (Å²) in [7, 11) is -3.85. The van der Waals surface area contributed by atoms with Crippen LogP contribution in [0, 0.1) is 0 Å². The van der Waals surface area contributed by atoms with E-state index in [2.05, 4.69) is 13.8 Å². The predicted molar refractivity (Wildman–Crippen MR) is 140 cm³/mol. The first kappa shape index (κ1) is 37.7. The van der Waals surface area contributed by atoms with E-state index in [9.17, 15) is 9.46 Å². The minimum atomic E-state index is -3.85. The molecule has 0 aromatic heterocycles. The quantitative estimate of drug-likeness (QED) is 0.0552. The summed E-state index contributed by atoms with van der Waals surface area (Å²) >= 11 is -3.58. The zero-order valence-corrected chi connectivity index (χ0v) is 25.3.